The van der Waals surface area contributed by atoms with Gasteiger partial charge >= 0.3 is 0 Å². The molecule has 0 fully saturated rings. The van der Waals surface area contributed by atoms with Crippen LogP contribution in [0.2, 0.25) is 0 Å². The molecule has 3 rings (SSSR count). The third-order valence-corrected chi connectivity index (χ3v) is 3.34. The molecule has 0 bridgehead atoms. The highest BCUT2D eigenvalue weighted by atomic mass is 16.2. The number of nitrogens with one attached hydrogen (secondary N) is 2. The van der Waals surface area contributed by atoms with Gasteiger partial charge in [0.25, 0.3) is 0 Å². The van der Waals surface area contributed by atoms with Gasteiger partial charge in [0.1, 0.15) is 0 Å². The molecule has 0 saturated carbocycles. The van der Waals surface area contributed by atoms with Crippen LogP contribution in [-0.4, -0.2) is 21.7 Å². The first-order valence-corrected chi connectivity index (χ1v) is 6.91. The number of nitrogens with zero attached hydrogens (tertiary/aromatic N) is 1. The van der Waals surface area contributed by atoms with E-state index in [0.717, 1.165) is 28.2 Å². The molecule has 2 aromatic carbocycles. The molecule has 0 saturated heterocycles. The van der Waals surface area contributed by atoms with E-state index in [2.05, 4.69) is 27.4 Å². The second-order valence-corrected chi connectivity index (χ2v) is 4.84. The summed E-state index contributed by atoms with van der Waals surface area (Å²) in [6.45, 7) is 0.182. The first-order chi connectivity index (χ1) is 10.3. The third-order valence-electron chi connectivity index (χ3n) is 3.34. The van der Waals surface area contributed by atoms with E-state index in [1.165, 1.54) is 0 Å². The number of rotatable bonds is 5. The summed E-state index contributed by atoms with van der Waals surface area (Å²) in [5, 5.41) is 12.3. The molecular formula is C17H17N3O. The minimum absolute atomic E-state index is 0.182. The molecule has 0 aliphatic rings. The summed E-state index contributed by atoms with van der Waals surface area (Å²) in [5.41, 5.74) is 5.32. The highest BCUT2D eigenvalue weighted by Crippen LogP contribution is 2.21. The van der Waals surface area contributed by atoms with Crippen molar-refractivity contribution < 1.29 is 5.11 Å². The number of anilines is 2. The normalized spacial score (nSPS) is 10.5. The average molecular weight is 279 g/mol. The number of imidazole rings is 1. The molecule has 1 aromatic heterocycles. The molecule has 0 unspecified atom stereocenters. The molecule has 0 spiro atoms. The number of benzene rings is 2. The quantitative estimate of drug-likeness (QED) is 0.671. The van der Waals surface area contributed by atoms with Crippen molar-refractivity contribution in [2.45, 2.75) is 6.42 Å². The van der Waals surface area contributed by atoms with E-state index in [1.807, 2.05) is 42.6 Å². The summed E-state index contributed by atoms with van der Waals surface area (Å²) in [4.78, 5) is 7.11. The lowest BCUT2D eigenvalue weighted by Gasteiger charge is -2.08. The van der Waals surface area contributed by atoms with Crippen LogP contribution >= 0.6 is 0 Å². The Morgan fingerprint density at radius 2 is 1.62 bits per heavy atom. The minimum atomic E-state index is 0.182. The Balaban J connectivity index is 1.70. The fraction of sp³-hybridized carbons (Fsp3) is 0.118. The van der Waals surface area contributed by atoms with E-state index < -0.39 is 0 Å². The van der Waals surface area contributed by atoms with E-state index in [4.69, 9.17) is 5.11 Å². The highest BCUT2D eigenvalue weighted by molar-refractivity contribution is 5.65. The highest BCUT2D eigenvalue weighted by Gasteiger charge is 2.00. The summed E-state index contributed by atoms with van der Waals surface area (Å²) >= 11 is 0. The van der Waals surface area contributed by atoms with Crippen LogP contribution in [0.25, 0.3) is 11.3 Å². The van der Waals surface area contributed by atoms with Gasteiger partial charge < -0.3 is 15.4 Å². The Morgan fingerprint density at radius 3 is 2.19 bits per heavy atom. The smallest absolute Gasteiger partial charge is 0.0924 e. The van der Waals surface area contributed by atoms with Crippen LogP contribution in [0.3, 0.4) is 0 Å². The van der Waals surface area contributed by atoms with Gasteiger partial charge in [-0.3, -0.25) is 0 Å². The monoisotopic (exact) mass is 279 g/mol. The molecule has 3 N–H and O–H groups in total. The van der Waals surface area contributed by atoms with Gasteiger partial charge in [0.2, 0.25) is 0 Å². The number of H-pyrrole nitrogens is 1. The van der Waals surface area contributed by atoms with Gasteiger partial charge in [0.05, 0.1) is 18.2 Å². The molecule has 0 amide bonds. The van der Waals surface area contributed by atoms with E-state index in [0.29, 0.717) is 6.42 Å². The Hall–Kier alpha value is -2.59. The fourth-order valence-electron chi connectivity index (χ4n) is 2.20. The SMILES string of the molecule is OCCc1ccc(Nc2ccc(-c3cnc[nH]3)cc2)cc1. The van der Waals surface area contributed by atoms with E-state index >= 15 is 0 Å². The zero-order valence-corrected chi connectivity index (χ0v) is 11.6. The standard InChI is InChI=1S/C17H17N3O/c21-10-9-13-1-5-15(6-2-13)20-16-7-3-14(4-8-16)17-11-18-12-19-17/h1-8,11-12,20-21H,9-10H2,(H,18,19). The van der Waals surface area contributed by atoms with Gasteiger partial charge in [0, 0.05) is 18.0 Å². The molecule has 21 heavy (non-hydrogen) atoms. The first kappa shape index (κ1) is 13.4. The molecule has 4 heteroatoms. The molecule has 4 nitrogen and oxygen atoms in total. The van der Waals surface area contributed by atoms with Crippen molar-refractivity contribution in [3.63, 3.8) is 0 Å². The lowest BCUT2D eigenvalue weighted by molar-refractivity contribution is 0.299. The Labute approximate surface area is 123 Å². The van der Waals surface area contributed by atoms with Crippen molar-refractivity contribution in [1.29, 1.82) is 0 Å². The minimum Gasteiger partial charge on any atom is -0.396 e. The van der Waals surface area contributed by atoms with Crippen LogP contribution in [0.1, 0.15) is 5.56 Å². The lowest BCUT2D eigenvalue weighted by Crippen LogP contribution is -1.93. The molecule has 0 aliphatic heterocycles. The molecule has 1 heterocycles. The molecule has 0 radical (unpaired) electrons. The summed E-state index contributed by atoms with van der Waals surface area (Å²) < 4.78 is 0. The summed E-state index contributed by atoms with van der Waals surface area (Å²) in [7, 11) is 0. The molecule has 106 valence electrons. The number of aromatic nitrogens is 2. The Morgan fingerprint density at radius 1 is 0.952 bits per heavy atom. The van der Waals surface area contributed by atoms with Gasteiger partial charge in [-0.25, -0.2) is 4.98 Å². The predicted octanol–water partition coefficient (Wildman–Crippen LogP) is 3.36. The van der Waals surface area contributed by atoms with Gasteiger partial charge in [-0.1, -0.05) is 24.3 Å². The summed E-state index contributed by atoms with van der Waals surface area (Å²) in [6.07, 6.45) is 4.18. The summed E-state index contributed by atoms with van der Waals surface area (Å²) in [6, 6.07) is 16.3. The summed E-state index contributed by atoms with van der Waals surface area (Å²) in [5.74, 6) is 0. The lowest BCUT2D eigenvalue weighted by atomic mass is 10.1. The molecule has 0 aliphatic carbocycles. The van der Waals surface area contributed by atoms with Crippen molar-refractivity contribution in [3.05, 3.63) is 66.6 Å². The van der Waals surface area contributed by atoms with Crippen molar-refractivity contribution in [3.8, 4) is 11.3 Å². The topological polar surface area (TPSA) is 60.9 Å². The molecule has 0 atom stereocenters. The third kappa shape index (κ3) is 3.30. The fourth-order valence-corrected chi connectivity index (χ4v) is 2.20. The maximum Gasteiger partial charge on any atom is 0.0924 e. The second kappa shape index (κ2) is 6.24. The zero-order chi connectivity index (χ0) is 14.5. The first-order valence-electron chi connectivity index (χ1n) is 6.91. The molecule has 3 aromatic rings. The van der Waals surface area contributed by atoms with E-state index in [9.17, 15) is 0 Å². The largest absolute Gasteiger partial charge is 0.396 e. The van der Waals surface area contributed by atoms with Gasteiger partial charge in [-0.15, -0.1) is 0 Å². The Kier molecular flexibility index (Phi) is 3.98. The molecular weight excluding hydrogens is 262 g/mol. The van der Waals surface area contributed by atoms with Crippen LogP contribution in [0.4, 0.5) is 11.4 Å². The van der Waals surface area contributed by atoms with E-state index in [1.54, 1.807) is 6.33 Å². The number of aliphatic hydroxyl groups is 1. The van der Waals surface area contributed by atoms with Crippen LogP contribution in [-0.2, 0) is 6.42 Å². The van der Waals surface area contributed by atoms with Crippen LogP contribution < -0.4 is 5.32 Å². The maximum absolute atomic E-state index is 8.91. The van der Waals surface area contributed by atoms with Gasteiger partial charge in [0.15, 0.2) is 0 Å². The number of aromatic amines is 1. The Bertz CT molecular complexity index is 673. The second-order valence-electron chi connectivity index (χ2n) is 4.84. The van der Waals surface area contributed by atoms with Crippen LogP contribution in [0.5, 0.6) is 0 Å². The van der Waals surface area contributed by atoms with Crippen molar-refractivity contribution in [2.24, 2.45) is 0 Å². The predicted molar refractivity (Wildman–Crippen MR) is 84.5 cm³/mol. The number of hydrogen-bond donors (Lipinski definition) is 3. The van der Waals surface area contributed by atoms with Crippen molar-refractivity contribution in [2.75, 3.05) is 11.9 Å². The average Bonchev–Trinajstić information content (AvgIpc) is 3.05. The van der Waals surface area contributed by atoms with Crippen LogP contribution in [0.15, 0.2) is 61.1 Å². The van der Waals surface area contributed by atoms with Crippen molar-refractivity contribution in [1.82, 2.24) is 9.97 Å². The number of aliphatic hydroxyl groups excluding tert-OH is 1. The van der Waals surface area contributed by atoms with Crippen molar-refractivity contribution >= 4 is 11.4 Å². The van der Waals surface area contributed by atoms with Gasteiger partial charge in [-0.05, 0) is 41.8 Å². The van der Waals surface area contributed by atoms with E-state index in [-0.39, 0.29) is 6.61 Å². The zero-order valence-electron chi connectivity index (χ0n) is 11.6. The maximum atomic E-state index is 8.91. The number of hydrogen-bond acceptors (Lipinski definition) is 3. The van der Waals surface area contributed by atoms with Gasteiger partial charge in [-0.2, -0.15) is 0 Å². The van der Waals surface area contributed by atoms with Crippen LogP contribution in [0, 0.1) is 0 Å².